The lowest BCUT2D eigenvalue weighted by Crippen LogP contribution is -2.40. The molecule has 1 unspecified atom stereocenters. The maximum Gasteiger partial charge on any atom is 0.416 e. The van der Waals surface area contributed by atoms with Crippen LogP contribution in [0.3, 0.4) is 0 Å². The van der Waals surface area contributed by atoms with Crippen LogP contribution in [0.4, 0.5) is 23.7 Å². The number of nitrogens with zero attached hydrogens (tertiary/aromatic N) is 1. The number of amides is 2. The summed E-state index contributed by atoms with van der Waals surface area (Å²) in [5.41, 5.74) is -0.857. The fourth-order valence-electron chi connectivity index (χ4n) is 2.23. The lowest BCUT2D eigenvalue weighted by Gasteiger charge is -2.23. The predicted molar refractivity (Wildman–Crippen MR) is 75.3 cm³/mol. The number of nitrogens with one attached hydrogen (secondary N) is 1. The normalized spacial score (nSPS) is 20.6. The third-order valence-electron chi connectivity index (χ3n) is 3.52. The summed E-state index contributed by atoms with van der Waals surface area (Å²) in [4.78, 5) is 13.2. The quantitative estimate of drug-likeness (QED) is 0.901. The largest absolute Gasteiger partial charge is 0.416 e. The van der Waals surface area contributed by atoms with Crippen LogP contribution in [0.2, 0.25) is 0 Å². The molecule has 1 heterocycles. The number of hydrogen-bond acceptors (Lipinski definition) is 3. The van der Waals surface area contributed by atoms with Gasteiger partial charge in [0.25, 0.3) is 0 Å². The van der Waals surface area contributed by atoms with E-state index < -0.39 is 33.6 Å². The molecule has 2 amide bonds. The van der Waals surface area contributed by atoms with E-state index in [-0.39, 0.29) is 17.2 Å². The van der Waals surface area contributed by atoms with E-state index in [0.29, 0.717) is 6.42 Å². The zero-order valence-corrected chi connectivity index (χ0v) is 12.5. The van der Waals surface area contributed by atoms with Crippen LogP contribution in [0, 0.1) is 0 Å². The molecule has 1 aliphatic heterocycles. The molecule has 2 rings (SSSR count). The van der Waals surface area contributed by atoms with Crippen molar-refractivity contribution in [1.82, 2.24) is 4.90 Å². The summed E-state index contributed by atoms with van der Waals surface area (Å²) in [6, 6.07) is 3.17. The van der Waals surface area contributed by atoms with Gasteiger partial charge in [-0.1, -0.05) is 6.07 Å². The second-order valence-electron chi connectivity index (χ2n) is 5.18. The first-order valence-corrected chi connectivity index (χ1v) is 8.32. The van der Waals surface area contributed by atoms with E-state index in [0.717, 1.165) is 12.1 Å². The highest BCUT2D eigenvalue weighted by atomic mass is 32.2. The molecule has 0 radical (unpaired) electrons. The van der Waals surface area contributed by atoms with E-state index in [1.165, 1.54) is 24.1 Å². The molecule has 22 heavy (non-hydrogen) atoms. The number of alkyl halides is 3. The minimum atomic E-state index is -4.49. The van der Waals surface area contributed by atoms with Crippen LogP contribution < -0.4 is 5.32 Å². The Balaban J connectivity index is 2.06. The highest BCUT2D eigenvalue weighted by Gasteiger charge is 2.33. The number of rotatable bonds is 2. The molecule has 1 fully saturated rings. The molecule has 5 nitrogen and oxygen atoms in total. The van der Waals surface area contributed by atoms with Crippen LogP contribution in [-0.2, 0) is 16.0 Å². The van der Waals surface area contributed by atoms with E-state index in [1.807, 2.05) is 0 Å². The van der Waals surface area contributed by atoms with Crippen molar-refractivity contribution in [2.75, 3.05) is 23.9 Å². The van der Waals surface area contributed by atoms with Gasteiger partial charge in [-0.2, -0.15) is 13.2 Å². The lowest BCUT2D eigenvalue weighted by molar-refractivity contribution is -0.137. The number of hydrogen-bond donors (Lipinski definition) is 1. The summed E-state index contributed by atoms with van der Waals surface area (Å²) in [5, 5.41) is 2.35. The maximum absolute atomic E-state index is 12.6. The Hall–Kier alpha value is -1.77. The molecule has 1 aliphatic rings. The topological polar surface area (TPSA) is 66.5 Å². The Morgan fingerprint density at radius 2 is 2.05 bits per heavy atom. The van der Waals surface area contributed by atoms with Gasteiger partial charge in [0.1, 0.15) is 0 Å². The van der Waals surface area contributed by atoms with Crippen molar-refractivity contribution in [2.45, 2.75) is 18.6 Å². The number of urea groups is 1. The molecule has 0 bridgehead atoms. The first-order chi connectivity index (χ1) is 10.1. The van der Waals surface area contributed by atoms with Crippen molar-refractivity contribution in [2.24, 2.45) is 0 Å². The number of halogens is 3. The molecule has 1 N–H and O–H groups in total. The van der Waals surface area contributed by atoms with Gasteiger partial charge in [-0.25, -0.2) is 13.2 Å². The Morgan fingerprint density at radius 1 is 1.36 bits per heavy atom. The van der Waals surface area contributed by atoms with Gasteiger partial charge in [-0.05, 0) is 24.6 Å². The molecular weight excluding hydrogens is 321 g/mol. The van der Waals surface area contributed by atoms with Crippen molar-refractivity contribution >= 4 is 21.6 Å². The van der Waals surface area contributed by atoms with Crippen molar-refractivity contribution in [3.05, 3.63) is 29.8 Å². The Kier molecular flexibility index (Phi) is 4.37. The van der Waals surface area contributed by atoms with Crippen molar-refractivity contribution in [3.63, 3.8) is 0 Å². The molecule has 1 saturated heterocycles. The van der Waals surface area contributed by atoms with Gasteiger partial charge >= 0.3 is 12.2 Å². The Bertz CT molecular complexity index is 673. The van der Waals surface area contributed by atoms with Crippen LogP contribution in [0.1, 0.15) is 12.0 Å². The molecule has 9 heteroatoms. The van der Waals surface area contributed by atoms with Gasteiger partial charge in [-0.15, -0.1) is 0 Å². The highest BCUT2D eigenvalue weighted by molar-refractivity contribution is 7.91. The minimum Gasteiger partial charge on any atom is -0.324 e. The summed E-state index contributed by atoms with van der Waals surface area (Å²) < 4.78 is 60.6. The molecule has 122 valence electrons. The minimum absolute atomic E-state index is 0.00697. The average molecular weight is 336 g/mol. The second kappa shape index (κ2) is 5.79. The molecule has 1 aromatic rings. The molecule has 0 aliphatic carbocycles. The Morgan fingerprint density at radius 3 is 2.59 bits per heavy atom. The second-order valence-corrected chi connectivity index (χ2v) is 7.41. The van der Waals surface area contributed by atoms with E-state index in [1.54, 1.807) is 0 Å². The van der Waals surface area contributed by atoms with Gasteiger partial charge in [0.05, 0.1) is 17.1 Å². The molecule has 0 aromatic heterocycles. The van der Waals surface area contributed by atoms with Crippen LogP contribution in [0.15, 0.2) is 24.3 Å². The van der Waals surface area contributed by atoms with Gasteiger partial charge in [0.15, 0.2) is 9.84 Å². The number of anilines is 1. The number of carbonyl (C=O) groups is 1. The predicted octanol–water partition coefficient (Wildman–Crippen LogP) is 2.36. The first-order valence-electron chi connectivity index (χ1n) is 6.50. The van der Waals surface area contributed by atoms with Gasteiger partial charge < -0.3 is 10.2 Å². The third-order valence-corrected chi connectivity index (χ3v) is 5.27. The van der Waals surface area contributed by atoms with Crippen molar-refractivity contribution in [3.8, 4) is 0 Å². The average Bonchev–Trinajstić information content (AvgIpc) is 2.77. The van der Waals surface area contributed by atoms with Crippen molar-refractivity contribution < 1.29 is 26.4 Å². The van der Waals surface area contributed by atoms with Crippen LogP contribution in [0.5, 0.6) is 0 Å². The fourth-order valence-corrected chi connectivity index (χ4v) is 4.01. The molecule has 1 atom stereocenters. The molecule has 0 saturated carbocycles. The van der Waals surface area contributed by atoms with Gasteiger partial charge in [0.2, 0.25) is 0 Å². The molecule has 0 spiro atoms. The number of sulfone groups is 1. The van der Waals surface area contributed by atoms with Crippen molar-refractivity contribution in [1.29, 1.82) is 0 Å². The molecule has 1 aromatic carbocycles. The third kappa shape index (κ3) is 3.90. The van der Waals surface area contributed by atoms with Crippen LogP contribution >= 0.6 is 0 Å². The van der Waals surface area contributed by atoms with Crippen LogP contribution in [0.25, 0.3) is 0 Å². The summed E-state index contributed by atoms with van der Waals surface area (Å²) in [5.74, 6) is -0.113. The zero-order chi connectivity index (χ0) is 16.5. The summed E-state index contributed by atoms with van der Waals surface area (Å²) >= 11 is 0. The van der Waals surface area contributed by atoms with E-state index in [2.05, 4.69) is 5.32 Å². The SMILES string of the molecule is CN(C(=O)Nc1cccc(C(F)(F)F)c1)C1CCS(=O)(=O)C1. The first kappa shape index (κ1) is 16.6. The number of carbonyl (C=O) groups excluding carboxylic acids is 1. The summed E-state index contributed by atoms with van der Waals surface area (Å²) in [6.07, 6.45) is -4.17. The highest BCUT2D eigenvalue weighted by Crippen LogP contribution is 2.30. The Labute approximate surface area is 126 Å². The monoisotopic (exact) mass is 336 g/mol. The maximum atomic E-state index is 12.6. The smallest absolute Gasteiger partial charge is 0.324 e. The molecular formula is C13H15F3N2O3S. The number of benzene rings is 1. The van der Waals surface area contributed by atoms with E-state index in [9.17, 15) is 26.4 Å². The summed E-state index contributed by atoms with van der Waals surface area (Å²) in [7, 11) is -1.72. The van der Waals surface area contributed by atoms with E-state index in [4.69, 9.17) is 0 Å². The summed E-state index contributed by atoms with van der Waals surface area (Å²) in [6.45, 7) is 0. The lowest BCUT2D eigenvalue weighted by atomic mass is 10.2. The van der Waals surface area contributed by atoms with E-state index >= 15 is 0 Å². The zero-order valence-electron chi connectivity index (χ0n) is 11.7. The fraction of sp³-hybridized carbons (Fsp3) is 0.462. The van der Waals surface area contributed by atoms with Crippen LogP contribution in [-0.4, -0.2) is 43.9 Å². The standard InChI is InChI=1S/C13H15F3N2O3S/c1-18(11-5-6-22(20,21)8-11)12(19)17-10-4-2-3-9(7-10)13(14,15)16/h2-4,7,11H,5-6,8H2,1H3,(H,17,19). The van der Waals surface area contributed by atoms with Gasteiger partial charge in [0, 0.05) is 18.8 Å². The van der Waals surface area contributed by atoms with Gasteiger partial charge in [-0.3, -0.25) is 0 Å².